The van der Waals surface area contributed by atoms with Gasteiger partial charge >= 0.3 is 6.09 Å². The Labute approximate surface area is 166 Å². The highest BCUT2D eigenvalue weighted by molar-refractivity contribution is 6.33. The quantitative estimate of drug-likeness (QED) is 0.642. The molecular formula is C19H18Cl2N4O2. The molecule has 1 atom stereocenters. The van der Waals surface area contributed by atoms with E-state index in [2.05, 4.69) is 9.97 Å². The molecule has 0 saturated carbocycles. The standard InChI is InChI=1S/C19H18Cl2N4O2/c20-16-10-22-17(21)15-9-23-18(25(15)16)14-7-4-8-24(11-14)19(26)27-12-13-5-2-1-3-6-13/h1-3,5-6,9-10,14H,4,7-8,11-12H2. The molecule has 1 unspecified atom stereocenters. The zero-order valence-corrected chi connectivity index (χ0v) is 16.0. The second-order valence-corrected chi connectivity index (χ2v) is 7.28. The zero-order chi connectivity index (χ0) is 18.8. The van der Waals surface area contributed by atoms with Crippen molar-refractivity contribution in [2.45, 2.75) is 25.4 Å². The van der Waals surface area contributed by atoms with E-state index < -0.39 is 0 Å². The van der Waals surface area contributed by atoms with Crippen LogP contribution in [0.5, 0.6) is 0 Å². The lowest BCUT2D eigenvalue weighted by atomic mass is 9.97. The van der Waals surface area contributed by atoms with Crippen LogP contribution >= 0.6 is 23.2 Å². The first-order chi connectivity index (χ1) is 13.1. The highest BCUT2D eigenvalue weighted by Crippen LogP contribution is 2.30. The second-order valence-electron chi connectivity index (χ2n) is 6.53. The van der Waals surface area contributed by atoms with E-state index in [0.29, 0.717) is 28.9 Å². The first-order valence-corrected chi connectivity index (χ1v) is 9.52. The molecule has 8 heteroatoms. The summed E-state index contributed by atoms with van der Waals surface area (Å²) in [7, 11) is 0. The van der Waals surface area contributed by atoms with Crippen LogP contribution in [-0.2, 0) is 11.3 Å². The number of carbonyl (C=O) groups is 1. The lowest BCUT2D eigenvalue weighted by Gasteiger charge is -2.31. The fourth-order valence-electron chi connectivity index (χ4n) is 3.42. The van der Waals surface area contributed by atoms with Gasteiger partial charge < -0.3 is 9.64 Å². The number of hydrogen-bond acceptors (Lipinski definition) is 4. The molecule has 4 rings (SSSR count). The maximum Gasteiger partial charge on any atom is 0.410 e. The van der Waals surface area contributed by atoms with Crippen LogP contribution in [-0.4, -0.2) is 38.5 Å². The van der Waals surface area contributed by atoms with Crippen molar-refractivity contribution in [3.05, 3.63) is 64.4 Å². The molecule has 3 heterocycles. The van der Waals surface area contributed by atoms with Crippen molar-refractivity contribution in [2.75, 3.05) is 13.1 Å². The molecule has 1 aliphatic rings. The molecule has 1 amide bonds. The molecule has 0 aliphatic carbocycles. The molecule has 1 aliphatic heterocycles. The molecule has 140 valence electrons. The van der Waals surface area contributed by atoms with E-state index in [9.17, 15) is 4.79 Å². The fraction of sp³-hybridized carbons (Fsp3) is 0.316. The Hall–Kier alpha value is -2.31. The van der Waals surface area contributed by atoms with Gasteiger partial charge in [0.15, 0.2) is 5.15 Å². The summed E-state index contributed by atoms with van der Waals surface area (Å²) >= 11 is 12.5. The lowest BCUT2D eigenvalue weighted by molar-refractivity contribution is 0.0853. The van der Waals surface area contributed by atoms with E-state index in [1.54, 1.807) is 15.5 Å². The minimum Gasteiger partial charge on any atom is -0.445 e. The van der Waals surface area contributed by atoms with E-state index in [-0.39, 0.29) is 18.6 Å². The number of fused-ring (bicyclic) bond motifs is 1. The lowest BCUT2D eigenvalue weighted by Crippen LogP contribution is -2.39. The third-order valence-electron chi connectivity index (χ3n) is 4.75. The van der Waals surface area contributed by atoms with Crippen molar-refractivity contribution in [1.82, 2.24) is 19.3 Å². The summed E-state index contributed by atoms with van der Waals surface area (Å²) in [6.45, 7) is 1.47. The minimum absolute atomic E-state index is 0.0569. The molecule has 2 aromatic heterocycles. The number of hydrogen-bond donors (Lipinski definition) is 0. The van der Waals surface area contributed by atoms with Gasteiger partial charge in [-0.15, -0.1) is 0 Å². The number of carbonyl (C=O) groups excluding carboxylic acids is 1. The van der Waals surface area contributed by atoms with E-state index >= 15 is 0 Å². The van der Waals surface area contributed by atoms with Gasteiger partial charge in [0, 0.05) is 19.0 Å². The SMILES string of the molecule is O=C(OCc1ccccc1)N1CCCC(c2ncc3c(Cl)ncc(Cl)n23)C1. The van der Waals surface area contributed by atoms with Crippen molar-refractivity contribution in [3.8, 4) is 0 Å². The Bertz CT molecular complexity index is 961. The van der Waals surface area contributed by atoms with E-state index in [1.165, 1.54) is 6.20 Å². The number of aromatic nitrogens is 3. The average Bonchev–Trinajstić information content (AvgIpc) is 3.16. The third kappa shape index (κ3) is 3.73. The van der Waals surface area contributed by atoms with Crippen LogP contribution in [0.2, 0.25) is 10.3 Å². The zero-order valence-electron chi connectivity index (χ0n) is 14.5. The van der Waals surface area contributed by atoms with Gasteiger partial charge in [-0.1, -0.05) is 53.5 Å². The number of amides is 1. The summed E-state index contributed by atoms with van der Waals surface area (Å²) < 4.78 is 7.27. The Kier molecular flexibility index (Phi) is 5.18. The number of benzene rings is 1. The molecule has 0 bridgehead atoms. The van der Waals surface area contributed by atoms with Crippen LogP contribution in [0.15, 0.2) is 42.7 Å². The molecule has 1 saturated heterocycles. The van der Waals surface area contributed by atoms with Crippen LogP contribution in [0.25, 0.3) is 5.52 Å². The van der Waals surface area contributed by atoms with Crippen molar-refractivity contribution >= 4 is 34.8 Å². The van der Waals surface area contributed by atoms with Gasteiger partial charge in [0.05, 0.1) is 12.4 Å². The first kappa shape index (κ1) is 18.1. The van der Waals surface area contributed by atoms with Gasteiger partial charge in [-0.2, -0.15) is 0 Å². The van der Waals surface area contributed by atoms with E-state index in [0.717, 1.165) is 24.2 Å². The molecule has 0 N–H and O–H groups in total. The summed E-state index contributed by atoms with van der Waals surface area (Å²) in [4.78, 5) is 22.8. The van der Waals surface area contributed by atoms with E-state index in [1.807, 2.05) is 30.3 Å². The number of nitrogens with zero attached hydrogens (tertiary/aromatic N) is 4. The normalized spacial score (nSPS) is 17.3. The van der Waals surface area contributed by atoms with Crippen LogP contribution < -0.4 is 0 Å². The Morgan fingerprint density at radius 3 is 2.81 bits per heavy atom. The number of ether oxygens (including phenoxy) is 1. The number of imidazole rings is 1. The first-order valence-electron chi connectivity index (χ1n) is 8.76. The molecule has 27 heavy (non-hydrogen) atoms. The fourth-order valence-corrected chi connectivity index (χ4v) is 3.83. The smallest absolute Gasteiger partial charge is 0.410 e. The van der Waals surface area contributed by atoms with E-state index in [4.69, 9.17) is 27.9 Å². The summed E-state index contributed by atoms with van der Waals surface area (Å²) in [6, 6.07) is 9.65. The van der Waals surface area contributed by atoms with Gasteiger partial charge in [0.2, 0.25) is 0 Å². The third-order valence-corrected chi connectivity index (χ3v) is 5.31. The predicted molar refractivity (Wildman–Crippen MR) is 103 cm³/mol. The molecule has 1 fully saturated rings. The summed E-state index contributed by atoms with van der Waals surface area (Å²) in [6.07, 6.45) is 4.66. The Balaban J connectivity index is 1.48. The number of likely N-dealkylation sites (tertiary alicyclic amines) is 1. The average molecular weight is 405 g/mol. The van der Waals surface area contributed by atoms with Crippen molar-refractivity contribution in [2.24, 2.45) is 0 Å². The molecule has 1 aromatic carbocycles. The maximum absolute atomic E-state index is 12.5. The molecular weight excluding hydrogens is 387 g/mol. The summed E-state index contributed by atoms with van der Waals surface area (Å²) in [5.41, 5.74) is 1.63. The molecule has 0 radical (unpaired) electrons. The summed E-state index contributed by atoms with van der Waals surface area (Å²) in [5, 5.41) is 0.804. The second kappa shape index (κ2) is 7.74. The molecule has 3 aromatic rings. The summed E-state index contributed by atoms with van der Waals surface area (Å²) in [5.74, 6) is 0.848. The predicted octanol–water partition coefficient (Wildman–Crippen LogP) is 4.55. The van der Waals surface area contributed by atoms with Crippen molar-refractivity contribution in [3.63, 3.8) is 0 Å². The van der Waals surface area contributed by atoms with Gasteiger partial charge in [0.25, 0.3) is 0 Å². The van der Waals surface area contributed by atoms with Crippen molar-refractivity contribution in [1.29, 1.82) is 0 Å². The van der Waals surface area contributed by atoms with Gasteiger partial charge in [-0.3, -0.25) is 4.40 Å². The van der Waals surface area contributed by atoms with Crippen molar-refractivity contribution < 1.29 is 9.53 Å². The van der Waals surface area contributed by atoms with Gasteiger partial charge in [-0.05, 0) is 18.4 Å². The number of piperidine rings is 1. The highest BCUT2D eigenvalue weighted by atomic mass is 35.5. The van der Waals surface area contributed by atoms with Gasteiger partial charge in [-0.25, -0.2) is 14.8 Å². The van der Waals surface area contributed by atoms with Crippen LogP contribution in [0.3, 0.4) is 0 Å². The van der Waals surface area contributed by atoms with Crippen LogP contribution in [0.4, 0.5) is 4.79 Å². The largest absolute Gasteiger partial charge is 0.445 e. The topological polar surface area (TPSA) is 59.7 Å². The number of halogens is 2. The van der Waals surface area contributed by atoms with Crippen LogP contribution in [0, 0.1) is 0 Å². The molecule has 0 spiro atoms. The highest BCUT2D eigenvalue weighted by Gasteiger charge is 2.29. The molecule has 6 nitrogen and oxygen atoms in total. The monoisotopic (exact) mass is 404 g/mol. The van der Waals surface area contributed by atoms with Gasteiger partial charge in [0.1, 0.15) is 23.1 Å². The number of rotatable bonds is 3. The Morgan fingerprint density at radius 2 is 2.00 bits per heavy atom. The maximum atomic E-state index is 12.5. The van der Waals surface area contributed by atoms with Crippen LogP contribution in [0.1, 0.15) is 30.1 Å². The minimum atomic E-state index is -0.310. The Morgan fingerprint density at radius 1 is 1.19 bits per heavy atom.